The SMILES string of the molecule is CS[C@H]1CN(c2cc(C#N)cc([N+](=O)[O-])c2C)C[C@H]1N1CCCC1. The second kappa shape index (κ2) is 6.99. The number of anilines is 1. The van der Waals surface area contributed by atoms with Gasteiger partial charge >= 0.3 is 0 Å². The van der Waals surface area contributed by atoms with E-state index in [0.29, 0.717) is 22.4 Å². The van der Waals surface area contributed by atoms with Crippen molar-refractivity contribution in [2.24, 2.45) is 0 Å². The zero-order valence-electron chi connectivity index (χ0n) is 14.1. The van der Waals surface area contributed by atoms with Crippen LogP contribution >= 0.6 is 11.8 Å². The number of nitro benzene ring substituents is 1. The largest absolute Gasteiger partial charge is 0.368 e. The summed E-state index contributed by atoms with van der Waals surface area (Å²) in [5, 5.41) is 21.0. The summed E-state index contributed by atoms with van der Waals surface area (Å²) in [5.74, 6) is 0. The highest BCUT2D eigenvalue weighted by molar-refractivity contribution is 7.99. The van der Waals surface area contributed by atoms with E-state index < -0.39 is 0 Å². The molecule has 0 N–H and O–H groups in total. The van der Waals surface area contributed by atoms with E-state index in [4.69, 9.17) is 0 Å². The van der Waals surface area contributed by atoms with Gasteiger partial charge in [-0.15, -0.1) is 0 Å². The summed E-state index contributed by atoms with van der Waals surface area (Å²) in [4.78, 5) is 15.7. The highest BCUT2D eigenvalue weighted by Gasteiger charge is 2.38. The van der Waals surface area contributed by atoms with Crippen LogP contribution in [0.25, 0.3) is 0 Å². The second-order valence-corrected chi connectivity index (χ2v) is 7.57. The molecule has 7 heteroatoms. The fraction of sp³-hybridized carbons (Fsp3) is 0.588. The monoisotopic (exact) mass is 346 g/mol. The lowest BCUT2D eigenvalue weighted by molar-refractivity contribution is -0.385. The number of nitriles is 1. The van der Waals surface area contributed by atoms with E-state index in [1.54, 1.807) is 13.0 Å². The smallest absolute Gasteiger partial charge is 0.275 e. The summed E-state index contributed by atoms with van der Waals surface area (Å²) in [6.45, 7) is 5.82. The minimum absolute atomic E-state index is 0.0365. The number of nitrogens with zero attached hydrogens (tertiary/aromatic N) is 4. The number of rotatable bonds is 4. The molecule has 128 valence electrons. The molecular weight excluding hydrogens is 324 g/mol. The van der Waals surface area contributed by atoms with Crippen LogP contribution in [-0.4, -0.2) is 53.5 Å². The van der Waals surface area contributed by atoms with Crippen LogP contribution in [0.1, 0.15) is 24.0 Å². The van der Waals surface area contributed by atoms with Crippen molar-refractivity contribution in [3.05, 3.63) is 33.4 Å². The van der Waals surface area contributed by atoms with Gasteiger partial charge in [0.2, 0.25) is 0 Å². The fourth-order valence-electron chi connectivity index (χ4n) is 3.88. The van der Waals surface area contributed by atoms with Crippen LogP contribution in [0.15, 0.2) is 12.1 Å². The van der Waals surface area contributed by atoms with Gasteiger partial charge in [0.25, 0.3) is 5.69 Å². The summed E-state index contributed by atoms with van der Waals surface area (Å²) in [5.41, 5.74) is 1.88. The average Bonchev–Trinajstić information content (AvgIpc) is 3.23. The van der Waals surface area contributed by atoms with E-state index in [1.165, 1.54) is 18.9 Å². The van der Waals surface area contributed by atoms with E-state index in [1.807, 2.05) is 11.8 Å². The fourth-order valence-corrected chi connectivity index (χ4v) is 4.78. The number of benzene rings is 1. The molecule has 2 saturated heterocycles. The first-order valence-electron chi connectivity index (χ1n) is 8.26. The molecular formula is C17H22N4O2S. The molecule has 0 aromatic heterocycles. The molecule has 2 fully saturated rings. The van der Waals surface area contributed by atoms with E-state index in [-0.39, 0.29) is 10.6 Å². The third kappa shape index (κ3) is 3.08. The lowest BCUT2D eigenvalue weighted by Crippen LogP contribution is -2.40. The molecule has 2 aliphatic rings. The molecule has 1 aromatic rings. The van der Waals surface area contributed by atoms with Gasteiger partial charge in [-0.2, -0.15) is 17.0 Å². The number of hydrogen-bond donors (Lipinski definition) is 0. The van der Waals surface area contributed by atoms with Crippen LogP contribution in [0.4, 0.5) is 11.4 Å². The van der Waals surface area contributed by atoms with Gasteiger partial charge in [0.1, 0.15) is 0 Å². The molecule has 2 heterocycles. The Morgan fingerprint density at radius 2 is 2.04 bits per heavy atom. The maximum absolute atomic E-state index is 11.3. The van der Waals surface area contributed by atoms with E-state index >= 15 is 0 Å². The molecule has 0 bridgehead atoms. The van der Waals surface area contributed by atoms with Gasteiger partial charge < -0.3 is 4.90 Å². The third-order valence-electron chi connectivity index (χ3n) is 5.17. The molecule has 24 heavy (non-hydrogen) atoms. The number of thioether (sulfide) groups is 1. The van der Waals surface area contributed by atoms with Gasteiger partial charge in [-0.25, -0.2) is 0 Å². The molecule has 2 atom stereocenters. The van der Waals surface area contributed by atoms with Gasteiger partial charge in [0.05, 0.1) is 22.1 Å². The minimum Gasteiger partial charge on any atom is -0.368 e. The lowest BCUT2D eigenvalue weighted by Gasteiger charge is -2.27. The van der Waals surface area contributed by atoms with Crippen molar-refractivity contribution in [3.8, 4) is 6.07 Å². The van der Waals surface area contributed by atoms with Crippen molar-refractivity contribution in [1.82, 2.24) is 4.90 Å². The van der Waals surface area contributed by atoms with Crippen molar-refractivity contribution in [1.29, 1.82) is 5.26 Å². The molecule has 0 spiro atoms. The maximum Gasteiger partial charge on any atom is 0.275 e. The molecule has 0 radical (unpaired) electrons. The molecule has 0 unspecified atom stereocenters. The molecule has 1 aromatic carbocycles. The minimum atomic E-state index is -0.389. The first-order chi connectivity index (χ1) is 11.5. The van der Waals surface area contributed by atoms with Gasteiger partial charge in [-0.3, -0.25) is 15.0 Å². The molecule has 2 aliphatic heterocycles. The highest BCUT2D eigenvalue weighted by Crippen LogP contribution is 2.36. The Morgan fingerprint density at radius 1 is 1.33 bits per heavy atom. The summed E-state index contributed by atoms with van der Waals surface area (Å²) in [6, 6.07) is 5.71. The maximum atomic E-state index is 11.3. The Morgan fingerprint density at radius 3 is 2.62 bits per heavy atom. The second-order valence-electron chi connectivity index (χ2n) is 6.50. The van der Waals surface area contributed by atoms with E-state index in [0.717, 1.165) is 31.9 Å². The van der Waals surface area contributed by atoms with Gasteiger partial charge in [0, 0.05) is 36.1 Å². The van der Waals surface area contributed by atoms with Crippen LogP contribution in [0.3, 0.4) is 0 Å². The zero-order valence-corrected chi connectivity index (χ0v) is 14.9. The van der Waals surface area contributed by atoms with Crippen molar-refractivity contribution >= 4 is 23.1 Å². The van der Waals surface area contributed by atoms with E-state index in [2.05, 4.69) is 22.1 Å². The standard InChI is InChI=1S/C17H22N4O2S/c1-12-14(7-13(9-18)8-15(12)21(22)23)20-10-16(17(11-20)24-2)19-5-3-4-6-19/h7-8,16-17H,3-6,10-11H2,1-2H3/t16-,17+/m1/s1. The number of hydrogen-bond acceptors (Lipinski definition) is 6. The lowest BCUT2D eigenvalue weighted by atomic mass is 10.1. The van der Waals surface area contributed by atoms with Crippen LogP contribution in [0.5, 0.6) is 0 Å². The molecule has 0 saturated carbocycles. The van der Waals surface area contributed by atoms with Crippen molar-refractivity contribution in [2.75, 3.05) is 37.3 Å². The Bertz CT molecular complexity index is 682. The predicted octanol–water partition coefficient (Wildman–Crippen LogP) is 2.79. The average molecular weight is 346 g/mol. The number of likely N-dealkylation sites (tertiary alicyclic amines) is 1. The van der Waals surface area contributed by atoms with Crippen LogP contribution < -0.4 is 4.90 Å². The third-order valence-corrected chi connectivity index (χ3v) is 6.24. The summed E-state index contributed by atoms with van der Waals surface area (Å²) in [6.07, 6.45) is 4.65. The van der Waals surface area contributed by atoms with Gasteiger partial charge in [0.15, 0.2) is 0 Å². The van der Waals surface area contributed by atoms with Gasteiger partial charge in [-0.05, 0) is 45.2 Å². The summed E-state index contributed by atoms with van der Waals surface area (Å²) in [7, 11) is 0. The first-order valence-corrected chi connectivity index (χ1v) is 9.55. The highest BCUT2D eigenvalue weighted by atomic mass is 32.2. The van der Waals surface area contributed by atoms with Crippen LogP contribution in [0.2, 0.25) is 0 Å². The summed E-state index contributed by atoms with van der Waals surface area (Å²) < 4.78 is 0. The topological polar surface area (TPSA) is 73.4 Å². The number of nitro groups is 1. The van der Waals surface area contributed by atoms with Crippen LogP contribution in [-0.2, 0) is 0 Å². The Balaban J connectivity index is 1.93. The van der Waals surface area contributed by atoms with Crippen molar-refractivity contribution in [2.45, 2.75) is 31.1 Å². The molecule has 3 rings (SSSR count). The Kier molecular flexibility index (Phi) is 4.97. The zero-order chi connectivity index (χ0) is 17.3. The first kappa shape index (κ1) is 17.1. The normalized spacial score (nSPS) is 24.3. The van der Waals surface area contributed by atoms with Crippen molar-refractivity contribution < 1.29 is 4.92 Å². The van der Waals surface area contributed by atoms with Gasteiger partial charge in [-0.1, -0.05) is 0 Å². The van der Waals surface area contributed by atoms with Crippen LogP contribution in [0, 0.1) is 28.4 Å². The molecule has 0 aliphatic carbocycles. The Hall–Kier alpha value is -1.78. The van der Waals surface area contributed by atoms with E-state index in [9.17, 15) is 15.4 Å². The Labute approximate surface area is 146 Å². The molecule has 6 nitrogen and oxygen atoms in total. The van der Waals surface area contributed by atoms with Crippen molar-refractivity contribution in [3.63, 3.8) is 0 Å². The predicted molar refractivity (Wildman–Crippen MR) is 96.7 cm³/mol. The quantitative estimate of drug-likeness (QED) is 0.616. The summed E-state index contributed by atoms with van der Waals surface area (Å²) >= 11 is 1.87. The molecule has 0 amide bonds.